The number of nitrogens with one attached hydrogen (secondary N) is 4. The Morgan fingerprint density at radius 1 is 1.02 bits per heavy atom. The van der Waals surface area contributed by atoms with Crippen LogP contribution in [0.25, 0.3) is 0 Å². The summed E-state index contributed by atoms with van der Waals surface area (Å²) < 4.78 is 10.5. The van der Waals surface area contributed by atoms with Gasteiger partial charge in [0.2, 0.25) is 5.91 Å². The Morgan fingerprint density at radius 3 is 2.46 bits per heavy atom. The van der Waals surface area contributed by atoms with Gasteiger partial charge in [-0.2, -0.15) is 0 Å². The Labute approximate surface area is 247 Å². The summed E-state index contributed by atoms with van der Waals surface area (Å²) in [5.74, 6) is 0.785. The van der Waals surface area contributed by atoms with Gasteiger partial charge in [0.1, 0.15) is 33.8 Å². The van der Waals surface area contributed by atoms with Crippen molar-refractivity contribution in [3.8, 4) is 11.5 Å². The second-order valence-corrected chi connectivity index (χ2v) is 9.58. The van der Waals surface area contributed by atoms with E-state index in [0.717, 1.165) is 31.9 Å². The van der Waals surface area contributed by atoms with E-state index in [1.165, 1.54) is 44.6 Å². The van der Waals surface area contributed by atoms with Gasteiger partial charge in [-0.05, 0) is 24.3 Å². The van der Waals surface area contributed by atoms with Gasteiger partial charge < -0.3 is 35.6 Å². The summed E-state index contributed by atoms with van der Waals surface area (Å²) >= 11 is 12.6. The first-order valence-corrected chi connectivity index (χ1v) is 13.3. The first kappa shape index (κ1) is 29.7. The number of aromatic nitrogens is 2. The molecule has 0 spiro atoms. The minimum Gasteiger partial charge on any atom is -0.495 e. The number of hydrogen-bond acceptors (Lipinski definition) is 9. The van der Waals surface area contributed by atoms with Gasteiger partial charge in [0.15, 0.2) is 5.75 Å². The largest absolute Gasteiger partial charge is 0.495 e. The fourth-order valence-corrected chi connectivity index (χ4v) is 4.72. The predicted octanol–water partition coefficient (Wildman–Crippen LogP) is 4.75. The lowest BCUT2D eigenvalue weighted by Gasteiger charge is -2.30. The molecule has 0 unspecified atom stereocenters. The number of nitrogens with zero attached hydrogens (tertiary/aromatic N) is 4. The van der Waals surface area contributed by atoms with Gasteiger partial charge in [-0.25, -0.2) is 14.8 Å². The fourth-order valence-electron chi connectivity index (χ4n) is 4.10. The third kappa shape index (κ3) is 6.91. The maximum atomic E-state index is 13.1. The number of rotatable bonds is 9. The SMILES string of the molecule is C=CC(=O)Nc1cc(N2CCNCC2)ccc1Nc1cc(N(C)C(=O)Nc2cc(OC)c(Cl)c(OC)c2Cl)ncn1. The predicted molar refractivity (Wildman–Crippen MR) is 163 cm³/mol. The third-order valence-corrected chi connectivity index (χ3v) is 7.02. The highest BCUT2D eigenvalue weighted by Crippen LogP contribution is 2.44. The number of amides is 3. The first-order chi connectivity index (χ1) is 19.7. The lowest BCUT2D eigenvalue weighted by Crippen LogP contribution is -2.43. The highest BCUT2D eigenvalue weighted by Gasteiger charge is 2.21. The smallest absolute Gasteiger partial charge is 0.327 e. The monoisotopic (exact) mass is 600 g/mol. The minimum absolute atomic E-state index is 0.114. The standard InChI is InChI=1S/C27H30Cl2N8O4/c1-5-23(38)34-18-12-16(37-10-8-30-9-11-37)6-7-17(18)33-21-14-22(32-15-31-21)36(2)27(39)35-19-13-20(40-3)25(29)26(41-4)24(19)28/h5-7,12-15,30H,1,8-11H2,2-4H3,(H,34,38)(H,35,39)(H,31,32,33). The van der Waals surface area contributed by atoms with Crippen LogP contribution in [-0.4, -0.2) is 69.4 Å². The molecule has 3 aromatic rings. The van der Waals surface area contributed by atoms with Gasteiger partial charge in [-0.1, -0.05) is 29.8 Å². The molecule has 3 amide bonds. The van der Waals surface area contributed by atoms with Gasteiger partial charge in [0.05, 0.1) is 31.3 Å². The minimum atomic E-state index is -0.540. The Bertz CT molecular complexity index is 1450. The number of anilines is 6. The zero-order valence-electron chi connectivity index (χ0n) is 22.8. The van der Waals surface area contributed by atoms with Crippen molar-refractivity contribution in [1.82, 2.24) is 15.3 Å². The maximum Gasteiger partial charge on any atom is 0.327 e. The number of halogens is 2. The molecule has 4 N–H and O–H groups in total. The topological polar surface area (TPSA) is 133 Å². The molecule has 1 aliphatic rings. The van der Waals surface area contributed by atoms with Crippen LogP contribution < -0.4 is 40.5 Å². The molecule has 1 fully saturated rings. The molecule has 12 nitrogen and oxygen atoms in total. The summed E-state index contributed by atoms with van der Waals surface area (Å²) in [4.78, 5) is 37.3. The summed E-state index contributed by atoms with van der Waals surface area (Å²) in [6, 6.07) is 8.27. The molecule has 0 atom stereocenters. The average Bonchev–Trinajstić information content (AvgIpc) is 2.99. The molecule has 0 saturated carbocycles. The van der Waals surface area contributed by atoms with Crippen molar-refractivity contribution < 1.29 is 19.1 Å². The van der Waals surface area contributed by atoms with Crippen molar-refractivity contribution in [3.63, 3.8) is 0 Å². The number of carbonyl (C=O) groups is 2. The van der Waals surface area contributed by atoms with Gasteiger partial charge in [0.25, 0.3) is 0 Å². The van der Waals surface area contributed by atoms with Crippen LogP contribution in [0.3, 0.4) is 0 Å². The van der Waals surface area contributed by atoms with Crippen LogP contribution in [-0.2, 0) is 4.79 Å². The number of carbonyl (C=O) groups excluding carboxylic acids is 2. The highest BCUT2D eigenvalue weighted by molar-refractivity contribution is 6.40. The van der Waals surface area contributed by atoms with E-state index in [2.05, 4.69) is 42.7 Å². The molecular weight excluding hydrogens is 571 g/mol. The van der Waals surface area contributed by atoms with Crippen molar-refractivity contribution >= 4 is 69.5 Å². The molecule has 1 saturated heterocycles. The summed E-state index contributed by atoms with van der Waals surface area (Å²) in [5.41, 5.74) is 2.37. The van der Waals surface area contributed by atoms with E-state index < -0.39 is 6.03 Å². The number of benzene rings is 2. The Kier molecular flexibility index (Phi) is 9.71. The number of ether oxygens (including phenoxy) is 2. The summed E-state index contributed by atoms with van der Waals surface area (Å²) in [6.07, 6.45) is 2.52. The summed E-state index contributed by atoms with van der Waals surface area (Å²) in [6.45, 7) is 7.01. The van der Waals surface area contributed by atoms with Crippen molar-refractivity contribution in [2.45, 2.75) is 0 Å². The van der Waals surface area contributed by atoms with Crippen molar-refractivity contribution in [2.75, 3.05) is 73.2 Å². The lowest BCUT2D eigenvalue weighted by atomic mass is 10.2. The molecule has 216 valence electrons. The van der Waals surface area contributed by atoms with E-state index in [9.17, 15) is 9.59 Å². The molecule has 1 aromatic heterocycles. The zero-order chi connectivity index (χ0) is 29.5. The van der Waals surface area contributed by atoms with E-state index in [-0.39, 0.29) is 39.0 Å². The molecule has 1 aliphatic heterocycles. The lowest BCUT2D eigenvalue weighted by molar-refractivity contribution is -0.111. The molecule has 2 aromatic carbocycles. The van der Waals surface area contributed by atoms with E-state index in [0.29, 0.717) is 17.2 Å². The Morgan fingerprint density at radius 2 is 1.78 bits per heavy atom. The third-order valence-electron chi connectivity index (χ3n) is 6.28. The zero-order valence-corrected chi connectivity index (χ0v) is 24.3. The summed E-state index contributed by atoms with van der Waals surface area (Å²) in [5, 5.41) is 12.4. The number of urea groups is 1. The average molecular weight is 601 g/mol. The van der Waals surface area contributed by atoms with Crippen LogP contribution in [0.4, 0.5) is 39.2 Å². The van der Waals surface area contributed by atoms with Crippen molar-refractivity contribution in [1.29, 1.82) is 0 Å². The molecule has 2 heterocycles. The molecule has 0 bridgehead atoms. The Balaban J connectivity index is 1.55. The maximum absolute atomic E-state index is 13.1. The number of piperazine rings is 1. The van der Waals surface area contributed by atoms with E-state index in [1.54, 1.807) is 6.07 Å². The number of methoxy groups -OCH3 is 2. The van der Waals surface area contributed by atoms with Crippen LogP contribution in [0.15, 0.2) is 49.3 Å². The summed E-state index contributed by atoms with van der Waals surface area (Å²) in [7, 11) is 4.39. The normalized spacial score (nSPS) is 12.8. The van der Waals surface area contributed by atoms with Crippen molar-refractivity contribution in [2.24, 2.45) is 0 Å². The van der Waals surface area contributed by atoms with Crippen LogP contribution in [0.5, 0.6) is 11.5 Å². The van der Waals surface area contributed by atoms with Crippen LogP contribution in [0.1, 0.15) is 0 Å². The van der Waals surface area contributed by atoms with Crippen molar-refractivity contribution in [3.05, 3.63) is 59.4 Å². The Hall–Kier alpha value is -4.26. The first-order valence-electron chi connectivity index (χ1n) is 12.5. The highest BCUT2D eigenvalue weighted by atomic mass is 35.5. The van der Waals surface area contributed by atoms with E-state index in [4.69, 9.17) is 32.7 Å². The molecular formula is C27H30Cl2N8O4. The number of hydrogen-bond donors (Lipinski definition) is 4. The molecule has 0 radical (unpaired) electrons. The van der Waals surface area contributed by atoms with Gasteiger partial charge in [-0.3, -0.25) is 9.69 Å². The van der Waals surface area contributed by atoms with Crippen LogP contribution >= 0.6 is 23.2 Å². The van der Waals surface area contributed by atoms with E-state index >= 15 is 0 Å². The van der Waals surface area contributed by atoms with Gasteiger partial charge >= 0.3 is 6.03 Å². The second kappa shape index (κ2) is 13.4. The fraction of sp³-hybridized carbons (Fsp3) is 0.259. The van der Waals surface area contributed by atoms with E-state index in [1.807, 2.05) is 18.2 Å². The van der Waals surface area contributed by atoms with Crippen LogP contribution in [0, 0.1) is 0 Å². The molecule has 0 aliphatic carbocycles. The van der Waals surface area contributed by atoms with Gasteiger partial charge in [0, 0.05) is 51.0 Å². The second-order valence-electron chi connectivity index (χ2n) is 8.82. The molecule has 14 heteroatoms. The van der Waals surface area contributed by atoms with Crippen LogP contribution in [0.2, 0.25) is 10.0 Å². The molecule has 4 rings (SSSR count). The molecule has 41 heavy (non-hydrogen) atoms. The van der Waals surface area contributed by atoms with Gasteiger partial charge in [-0.15, -0.1) is 0 Å². The quantitative estimate of drug-likeness (QED) is 0.257.